The zero-order valence-electron chi connectivity index (χ0n) is 32.0. The van der Waals surface area contributed by atoms with Crippen molar-refractivity contribution in [2.45, 2.75) is 77.8 Å². The second-order valence-corrected chi connectivity index (χ2v) is 17.3. The van der Waals surface area contributed by atoms with E-state index in [-0.39, 0.29) is 30.0 Å². The van der Waals surface area contributed by atoms with Crippen LogP contribution in [-0.4, -0.2) is 83.5 Å². The molecule has 3 aromatic carbocycles. The minimum Gasteiger partial charge on any atom is -0.480 e. The maximum Gasteiger partial charge on any atom is 0.335 e. The van der Waals surface area contributed by atoms with Crippen molar-refractivity contribution in [3.63, 3.8) is 0 Å². The van der Waals surface area contributed by atoms with Crippen molar-refractivity contribution >= 4 is 55.8 Å². The highest BCUT2D eigenvalue weighted by Gasteiger charge is 2.28. The summed E-state index contributed by atoms with van der Waals surface area (Å²) in [4.78, 5) is 53.2. The minimum atomic E-state index is -3.95. The van der Waals surface area contributed by atoms with Crippen LogP contribution in [-0.2, 0) is 47.0 Å². The Balaban J connectivity index is 1.27. The summed E-state index contributed by atoms with van der Waals surface area (Å²) < 4.78 is 26.0. The zero-order valence-corrected chi connectivity index (χ0v) is 33.7. The van der Waals surface area contributed by atoms with Gasteiger partial charge in [0.2, 0.25) is 10.0 Å². The van der Waals surface area contributed by atoms with Gasteiger partial charge in [-0.1, -0.05) is 50.2 Å². The first kappa shape index (κ1) is 42.3. The fourth-order valence-corrected chi connectivity index (χ4v) is 9.21. The number of anilines is 2. The van der Waals surface area contributed by atoms with Gasteiger partial charge >= 0.3 is 11.9 Å². The number of aryl methyl sites for hydroxylation is 3. The van der Waals surface area contributed by atoms with Crippen molar-refractivity contribution in [3.05, 3.63) is 117 Å². The Morgan fingerprint density at radius 2 is 1.43 bits per heavy atom. The number of fused-ring (bicyclic) bond motifs is 1. The van der Waals surface area contributed by atoms with Gasteiger partial charge in [-0.2, -0.15) is 0 Å². The number of amides is 2. The number of sulfonamides is 1. The predicted molar refractivity (Wildman–Crippen MR) is 219 cm³/mol. The number of aromatic carboxylic acids is 1. The number of likely N-dealkylation sites (N-methyl/N-ethyl adjacent to an activating group) is 1. The van der Waals surface area contributed by atoms with Gasteiger partial charge in [0, 0.05) is 48.9 Å². The summed E-state index contributed by atoms with van der Waals surface area (Å²) >= 11 is 1.45. The lowest BCUT2D eigenvalue weighted by Crippen LogP contribution is -2.42. The van der Waals surface area contributed by atoms with E-state index in [4.69, 9.17) is 10.2 Å². The van der Waals surface area contributed by atoms with Crippen LogP contribution >= 0.6 is 11.3 Å². The van der Waals surface area contributed by atoms with Gasteiger partial charge in [0.25, 0.3) is 11.8 Å². The van der Waals surface area contributed by atoms with Crippen molar-refractivity contribution in [2.24, 2.45) is 0 Å². The van der Waals surface area contributed by atoms with Crippen LogP contribution in [0.5, 0.6) is 0 Å². The minimum absolute atomic E-state index is 0.122. The summed E-state index contributed by atoms with van der Waals surface area (Å²) in [7, 11) is -2.56. The Hall–Kier alpha value is -4.89. The molecule has 0 unspecified atom stereocenters. The molecule has 0 aliphatic heterocycles. The molecule has 4 aromatic rings. The van der Waals surface area contributed by atoms with E-state index in [0.29, 0.717) is 34.9 Å². The second kappa shape index (κ2) is 19.3. The van der Waals surface area contributed by atoms with Crippen LogP contribution in [0.2, 0.25) is 0 Å². The standard InChI is InChI=1S/C42H50N4O8S2/c1-4-34(5-2)46(24-23-45(3)56(53,54)27-37(47)48)26-30-9-8-10-32(25-30)39(49)44-41-38(35-11-6-7-12-36(35)55-41)40(50)43-33-21-17-29(18-22-33)14-13-28-15-19-31(20-16-28)42(51)52/h8-10,15-22,25,34H,4-7,11-14,23-24,26-27H2,1-3H3,(H,43,50)(H,44,49)(H,47,48)(H,51,52). The Bertz CT molecular complexity index is 2130. The summed E-state index contributed by atoms with van der Waals surface area (Å²) in [6, 6.07) is 21.9. The topological polar surface area (TPSA) is 173 Å². The van der Waals surface area contributed by atoms with Gasteiger partial charge < -0.3 is 20.8 Å². The first-order valence-corrected chi connectivity index (χ1v) is 21.4. The summed E-state index contributed by atoms with van der Waals surface area (Å²) in [6.45, 7) is 5.09. The molecule has 0 bridgehead atoms. The van der Waals surface area contributed by atoms with E-state index < -0.39 is 27.7 Å². The Labute approximate surface area is 332 Å². The van der Waals surface area contributed by atoms with E-state index >= 15 is 0 Å². The number of hydrogen-bond acceptors (Lipinski definition) is 8. The number of benzene rings is 3. The molecule has 1 aromatic heterocycles. The van der Waals surface area contributed by atoms with Gasteiger partial charge in [-0.25, -0.2) is 17.5 Å². The average Bonchev–Trinajstić information content (AvgIpc) is 3.54. The highest BCUT2D eigenvalue weighted by Crippen LogP contribution is 2.39. The van der Waals surface area contributed by atoms with Crippen LogP contribution in [0, 0.1) is 0 Å². The van der Waals surface area contributed by atoms with Gasteiger partial charge in [0.05, 0.1) is 11.1 Å². The lowest BCUT2D eigenvalue weighted by atomic mass is 9.95. The summed E-state index contributed by atoms with van der Waals surface area (Å²) in [5.41, 5.74) is 5.77. The van der Waals surface area contributed by atoms with Crippen molar-refractivity contribution in [1.82, 2.24) is 9.21 Å². The Morgan fingerprint density at radius 3 is 2.05 bits per heavy atom. The smallest absolute Gasteiger partial charge is 0.335 e. The van der Waals surface area contributed by atoms with Crippen molar-refractivity contribution in [1.29, 1.82) is 0 Å². The number of nitrogens with one attached hydrogen (secondary N) is 2. The number of carboxylic acids is 2. The van der Waals surface area contributed by atoms with Crippen molar-refractivity contribution in [2.75, 3.05) is 36.5 Å². The van der Waals surface area contributed by atoms with Crippen molar-refractivity contribution < 1.29 is 37.8 Å². The lowest BCUT2D eigenvalue weighted by Gasteiger charge is -2.32. The Kier molecular flexibility index (Phi) is 14.6. The quantitative estimate of drug-likeness (QED) is 0.0783. The third-order valence-corrected chi connectivity index (χ3v) is 13.2. The molecular weight excluding hydrogens is 753 g/mol. The van der Waals surface area contributed by atoms with E-state index in [0.717, 1.165) is 82.8 Å². The molecule has 0 spiro atoms. The van der Waals surface area contributed by atoms with Crippen molar-refractivity contribution in [3.8, 4) is 0 Å². The van der Waals surface area contributed by atoms with E-state index in [1.54, 1.807) is 18.2 Å². The molecule has 0 fully saturated rings. The zero-order chi connectivity index (χ0) is 40.4. The Morgan fingerprint density at radius 1 is 0.786 bits per heavy atom. The summed E-state index contributed by atoms with van der Waals surface area (Å²) in [5.74, 6) is -3.94. The van der Waals surface area contributed by atoms with Crippen LogP contribution in [0.4, 0.5) is 10.7 Å². The number of thiophene rings is 1. The highest BCUT2D eigenvalue weighted by atomic mass is 32.2. The normalized spacial score (nSPS) is 12.8. The first-order chi connectivity index (χ1) is 26.8. The van der Waals surface area contributed by atoms with Crippen LogP contribution in [0.3, 0.4) is 0 Å². The molecule has 14 heteroatoms. The lowest BCUT2D eigenvalue weighted by molar-refractivity contribution is -0.134. The number of hydrogen-bond donors (Lipinski definition) is 4. The summed E-state index contributed by atoms with van der Waals surface area (Å²) in [6.07, 6.45) is 6.73. The third-order valence-electron chi connectivity index (χ3n) is 10.3. The van der Waals surface area contributed by atoms with Gasteiger partial charge in [0.15, 0.2) is 5.75 Å². The molecule has 0 atom stereocenters. The van der Waals surface area contributed by atoms with Gasteiger partial charge in [0.1, 0.15) is 5.00 Å². The molecule has 12 nitrogen and oxygen atoms in total. The van der Waals surface area contributed by atoms with Crippen LogP contribution in [0.15, 0.2) is 72.8 Å². The van der Waals surface area contributed by atoms with E-state index in [1.807, 2.05) is 54.6 Å². The maximum atomic E-state index is 13.9. The SMILES string of the molecule is CCC(CC)N(CCN(C)S(=O)(=O)CC(=O)O)Cc1cccc(C(=O)Nc2sc3c(c2C(=O)Nc2ccc(CCc4ccc(C(=O)O)cc4)cc2)CCCC3)c1. The molecule has 1 aliphatic carbocycles. The molecule has 0 saturated carbocycles. The number of rotatable bonds is 19. The first-order valence-electron chi connectivity index (χ1n) is 18.9. The largest absolute Gasteiger partial charge is 0.480 e. The van der Waals surface area contributed by atoms with Crippen LogP contribution in [0.25, 0.3) is 0 Å². The van der Waals surface area contributed by atoms with E-state index in [2.05, 4.69) is 29.4 Å². The van der Waals surface area contributed by atoms with E-state index in [9.17, 15) is 27.6 Å². The van der Waals surface area contributed by atoms with Gasteiger partial charge in [-0.15, -0.1) is 11.3 Å². The summed E-state index contributed by atoms with van der Waals surface area (Å²) in [5, 5.41) is 24.8. The maximum absolute atomic E-state index is 13.9. The van der Waals surface area contributed by atoms with Crippen LogP contribution < -0.4 is 10.6 Å². The molecule has 1 heterocycles. The molecule has 5 rings (SSSR count). The molecule has 56 heavy (non-hydrogen) atoms. The number of carbonyl (C=O) groups is 4. The van der Waals surface area contributed by atoms with Gasteiger partial charge in [-0.3, -0.25) is 19.3 Å². The average molecular weight is 803 g/mol. The fourth-order valence-electron chi connectivity index (χ4n) is 7.04. The second-order valence-electron chi connectivity index (χ2n) is 14.1. The molecule has 0 saturated heterocycles. The highest BCUT2D eigenvalue weighted by molar-refractivity contribution is 7.89. The number of nitrogens with zero attached hydrogens (tertiary/aromatic N) is 2. The fraction of sp³-hybridized carbons (Fsp3) is 0.381. The number of aliphatic carboxylic acids is 1. The predicted octanol–water partition coefficient (Wildman–Crippen LogP) is 6.95. The number of carboxylic acid groups (broad SMARTS) is 2. The van der Waals surface area contributed by atoms with Crippen LogP contribution in [0.1, 0.15) is 97.7 Å². The molecule has 0 radical (unpaired) electrons. The molecule has 4 N–H and O–H groups in total. The monoisotopic (exact) mass is 802 g/mol. The number of carbonyl (C=O) groups excluding carboxylic acids is 2. The third kappa shape index (κ3) is 11.1. The molecule has 1 aliphatic rings. The molecule has 2 amide bonds. The molecule has 298 valence electrons. The molecular formula is C42H50N4O8S2. The van der Waals surface area contributed by atoms with Gasteiger partial charge in [-0.05, 0) is 110 Å². The van der Waals surface area contributed by atoms with E-state index in [1.165, 1.54) is 18.4 Å².